The fraction of sp³-hybridized carbons (Fsp3) is 0.467. The predicted molar refractivity (Wildman–Crippen MR) is 68.0 cm³/mol. The molecule has 0 fully saturated rings. The van der Waals surface area contributed by atoms with E-state index in [2.05, 4.69) is 24.4 Å². The Bertz CT molecular complexity index is 470. The third kappa shape index (κ3) is 1.22. The van der Waals surface area contributed by atoms with E-state index in [0.29, 0.717) is 0 Å². The molecule has 1 heteroatoms. The lowest BCUT2D eigenvalue weighted by Gasteiger charge is -2.14. The minimum atomic E-state index is 1.20. The van der Waals surface area contributed by atoms with Crippen molar-refractivity contribution in [1.82, 2.24) is 0 Å². The van der Waals surface area contributed by atoms with Gasteiger partial charge in [0.05, 0.1) is 5.69 Å². The molecule has 0 N–H and O–H groups in total. The van der Waals surface area contributed by atoms with Crippen molar-refractivity contribution in [2.24, 2.45) is 4.99 Å². The van der Waals surface area contributed by atoms with E-state index in [9.17, 15) is 0 Å². The van der Waals surface area contributed by atoms with Gasteiger partial charge in [-0.15, -0.1) is 0 Å². The molecule has 0 atom stereocenters. The van der Waals surface area contributed by atoms with Gasteiger partial charge in [0.25, 0.3) is 0 Å². The van der Waals surface area contributed by atoms with E-state index in [1.807, 2.05) is 0 Å². The molecule has 0 spiro atoms. The summed E-state index contributed by atoms with van der Waals surface area (Å²) in [5, 5.41) is 0. The van der Waals surface area contributed by atoms with E-state index >= 15 is 0 Å². The van der Waals surface area contributed by atoms with Crippen LogP contribution in [0.3, 0.4) is 0 Å². The maximum Gasteiger partial charge on any atom is 0.0799 e. The molecule has 1 nitrogen and oxygen atoms in total. The SMILES string of the molecule is C=C=Nc1c2c(c(C)c3c1CCC3)CCC2. The van der Waals surface area contributed by atoms with Gasteiger partial charge in [-0.2, -0.15) is 0 Å². The number of nitrogens with zero attached hydrogens (tertiary/aromatic N) is 1. The lowest BCUT2D eigenvalue weighted by atomic mass is 9.93. The summed E-state index contributed by atoms with van der Waals surface area (Å²) in [7, 11) is 0. The largest absolute Gasteiger partial charge is 0.206 e. The highest BCUT2D eigenvalue weighted by molar-refractivity contribution is 5.69. The van der Waals surface area contributed by atoms with Crippen LogP contribution in [0, 0.1) is 6.92 Å². The molecule has 0 unspecified atom stereocenters. The zero-order valence-corrected chi connectivity index (χ0v) is 9.90. The van der Waals surface area contributed by atoms with Crippen LogP contribution in [0.15, 0.2) is 11.6 Å². The first-order valence-corrected chi connectivity index (χ1v) is 6.21. The molecule has 0 aromatic heterocycles. The summed E-state index contributed by atoms with van der Waals surface area (Å²) in [5.74, 6) is 2.74. The predicted octanol–water partition coefficient (Wildman–Crippen LogP) is 3.46. The Labute approximate surface area is 96.9 Å². The molecule has 0 saturated heterocycles. The second kappa shape index (κ2) is 3.61. The second-order valence-corrected chi connectivity index (χ2v) is 4.86. The van der Waals surface area contributed by atoms with Crippen LogP contribution in [0.1, 0.15) is 40.7 Å². The maximum absolute atomic E-state index is 4.43. The van der Waals surface area contributed by atoms with Gasteiger partial charge in [-0.3, -0.25) is 0 Å². The molecule has 16 heavy (non-hydrogen) atoms. The first-order valence-electron chi connectivity index (χ1n) is 6.21. The molecule has 0 heterocycles. The van der Waals surface area contributed by atoms with Gasteiger partial charge >= 0.3 is 0 Å². The zero-order valence-electron chi connectivity index (χ0n) is 9.90. The molecule has 82 valence electrons. The smallest absolute Gasteiger partial charge is 0.0799 e. The van der Waals surface area contributed by atoms with E-state index in [-0.39, 0.29) is 0 Å². The summed E-state index contributed by atoms with van der Waals surface area (Å²) in [4.78, 5) is 4.43. The monoisotopic (exact) mass is 211 g/mol. The Balaban J connectivity index is 2.35. The molecule has 0 saturated carbocycles. The van der Waals surface area contributed by atoms with Crippen molar-refractivity contribution in [2.75, 3.05) is 0 Å². The average molecular weight is 211 g/mol. The molecule has 1 aromatic rings. The van der Waals surface area contributed by atoms with E-state index in [0.717, 1.165) is 0 Å². The van der Waals surface area contributed by atoms with Gasteiger partial charge in [0.1, 0.15) is 0 Å². The molecule has 2 aliphatic rings. The summed E-state index contributed by atoms with van der Waals surface area (Å²) < 4.78 is 0. The van der Waals surface area contributed by atoms with E-state index in [4.69, 9.17) is 0 Å². The normalized spacial score (nSPS) is 16.8. The topological polar surface area (TPSA) is 12.4 Å². The van der Waals surface area contributed by atoms with Gasteiger partial charge in [-0.05, 0) is 85.7 Å². The molecule has 2 aliphatic carbocycles. The number of hydrogen-bond donors (Lipinski definition) is 0. The Kier molecular flexibility index (Phi) is 2.22. The molecule has 0 amide bonds. The fourth-order valence-corrected chi connectivity index (χ4v) is 3.42. The van der Waals surface area contributed by atoms with Gasteiger partial charge in [0.2, 0.25) is 0 Å². The highest BCUT2D eigenvalue weighted by Crippen LogP contribution is 2.42. The third-order valence-electron chi connectivity index (χ3n) is 4.10. The van der Waals surface area contributed by atoms with E-state index < -0.39 is 0 Å². The minimum Gasteiger partial charge on any atom is -0.206 e. The van der Waals surface area contributed by atoms with Crippen molar-refractivity contribution in [3.63, 3.8) is 0 Å². The van der Waals surface area contributed by atoms with Crippen molar-refractivity contribution < 1.29 is 0 Å². The van der Waals surface area contributed by atoms with E-state index in [1.165, 1.54) is 55.3 Å². The van der Waals surface area contributed by atoms with Crippen molar-refractivity contribution in [2.45, 2.75) is 45.4 Å². The highest BCUT2D eigenvalue weighted by atomic mass is 14.7. The molecule has 3 rings (SSSR count). The van der Waals surface area contributed by atoms with Crippen LogP contribution in [0.5, 0.6) is 0 Å². The Morgan fingerprint density at radius 3 is 1.94 bits per heavy atom. The average Bonchev–Trinajstić information content (AvgIpc) is 2.92. The van der Waals surface area contributed by atoms with Crippen LogP contribution in [0.25, 0.3) is 0 Å². The quantitative estimate of drug-likeness (QED) is 0.631. The summed E-state index contributed by atoms with van der Waals surface area (Å²) in [6, 6.07) is 0. The number of aliphatic imine (C=N–C) groups is 1. The van der Waals surface area contributed by atoms with Crippen molar-refractivity contribution >= 4 is 11.6 Å². The summed E-state index contributed by atoms with van der Waals surface area (Å²) in [5.41, 5.74) is 8.93. The molecular formula is C15H17N. The van der Waals surface area contributed by atoms with Crippen molar-refractivity contribution in [3.05, 3.63) is 34.4 Å². The molecular weight excluding hydrogens is 194 g/mol. The Morgan fingerprint density at radius 1 is 0.938 bits per heavy atom. The second-order valence-electron chi connectivity index (χ2n) is 4.86. The van der Waals surface area contributed by atoms with Gasteiger partial charge in [0.15, 0.2) is 0 Å². The van der Waals surface area contributed by atoms with Gasteiger partial charge in [-0.25, -0.2) is 4.99 Å². The standard InChI is InChI=1S/C15H17N/c1-3-16-15-13-8-4-6-11(13)10(2)12-7-5-9-14(12)15/h1,4-9H2,2H3. The lowest BCUT2D eigenvalue weighted by Crippen LogP contribution is -1.97. The molecule has 1 aromatic carbocycles. The molecule has 0 bridgehead atoms. The molecule has 0 radical (unpaired) electrons. The number of fused-ring (bicyclic) bond motifs is 2. The summed E-state index contributed by atoms with van der Waals surface area (Å²) >= 11 is 0. The van der Waals surface area contributed by atoms with Crippen LogP contribution in [0.2, 0.25) is 0 Å². The van der Waals surface area contributed by atoms with Crippen LogP contribution < -0.4 is 0 Å². The minimum absolute atomic E-state index is 1.20. The van der Waals surface area contributed by atoms with Crippen LogP contribution >= 0.6 is 0 Å². The van der Waals surface area contributed by atoms with Crippen LogP contribution in [0.4, 0.5) is 5.69 Å². The maximum atomic E-state index is 4.43. The zero-order chi connectivity index (χ0) is 11.1. The Hall–Kier alpha value is -1.33. The van der Waals surface area contributed by atoms with E-state index in [1.54, 1.807) is 16.7 Å². The van der Waals surface area contributed by atoms with Gasteiger partial charge in [0, 0.05) is 0 Å². The summed E-state index contributed by atoms with van der Waals surface area (Å²) in [6.45, 7) is 5.94. The number of rotatable bonds is 1. The number of hydrogen-bond acceptors (Lipinski definition) is 1. The van der Waals surface area contributed by atoms with Gasteiger partial charge in [-0.1, -0.05) is 0 Å². The molecule has 0 aliphatic heterocycles. The highest BCUT2D eigenvalue weighted by Gasteiger charge is 2.26. The van der Waals surface area contributed by atoms with Crippen molar-refractivity contribution in [1.29, 1.82) is 0 Å². The lowest BCUT2D eigenvalue weighted by molar-refractivity contribution is 0.893. The first kappa shape index (κ1) is 9.86. The number of benzene rings is 1. The fourth-order valence-electron chi connectivity index (χ4n) is 3.42. The van der Waals surface area contributed by atoms with Crippen LogP contribution in [-0.4, -0.2) is 5.87 Å². The van der Waals surface area contributed by atoms with Crippen molar-refractivity contribution in [3.8, 4) is 0 Å². The Morgan fingerprint density at radius 2 is 1.44 bits per heavy atom. The van der Waals surface area contributed by atoms with Crippen LogP contribution in [-0.2, 0) is 25.7 Å². The third-order valence-corrected chi connectivity index (χ3v) is 4.10. The first-order chi connectivity index (χ1) is 7.83. The van der Waals surface area contributed by atoms with Gasteiger partial charge < -0.3 is 0 Å². The summed E-state index contributed by atoms with van der Waals surface area (Å²) in [6.07, 6.45) is 7.47.